The molecule has 0 radical (unpaired) electrons. The molecule has 2 aromatic rings. The van der Waals surface area contributed by atoms with Crippen LogP contribution in [0.4, 0.5) is 4.39 Å². The molecular formula is C21H27FIN3O. The molecule has 6 heteroatoms. The highest BCUT2D eigenvalue weighted by molar-refractivity contribution is 5.94. The minimum atomic E-state index is -0.301. The van der Waals surface area contributed by atoms with Gasteiger partial charge in [0.05, 0.1) is 11.8 Å². The van der Waals surface area contributed by atoms with Crippen LogP contribution in [0.5, 0.6) is 0 Å². The van der Waals surface area contributed by atoms with Gasteiger partial charge in [-0.2, -0.15) is 5.10 Å². The van der Waals surface area contributed by atoms with E-state index in [9.17, 15) is 9.18 Å². The number of carbonyl (C=O) groups excluding carboxylic acids is 1. The van der Waals surface area contributed by atoms with Crippen molar-refractivity contribution in [3.8, 4) is 0 Å². The largest absolute Gasteiger partial charge is 1.00 e. The molecule has 146 valence electrons. The van der Waals surface area contributed by atoms with E-state index in [0.717, 1.165) is 18.5 Å². The SMILES string of the molecule is CCCCCCCC[n+]1ccc(C(=O)NN=Cc2ccc(F)cc2)cc1.[I-]. The maximum Gasteiger partial charge on any atom is 0.271 e. The minimum Gasteiger partial charge on any atom is -1.00 e. The smallest absolute Gasteiger partial charge is 0.271 e. The zero-order valence-electron chi connectivity index (χ0n) is 15.7. The number of aromatic nitrogens is 1. The number of hydrazone groups is 1. The first-order chi connectivity index (χ1) is 12.7. The van der Waals surface area contributed by atoms with E-state index in [-0.39, 0.29) is 35.7 Å². The lowest BCUT2D eigenvalue weighted by molar-refractivity contribution is -0.697. The summed E-state index contributed by atoms with van der Waals surface area (Å²) < 4.78 is 14.9. The second kappa shape index (κ2) is 13.4. The lowest BCUT2D eigenvalue weighted by Crippen LogP contribution is -3.00. The number of halogens is 2. The number of rotatable bonds is 10. The van der Waals surface area contributed by atoms with Crippen LogP contribution in [0.2, 0.25) is 0 Å². The predicted octanol–water partition coefficient (Wildman–Crippen LogP) is 1.24. The minimum absolute atomic E-state index is 0. The van der Waals surface area contributed by atoms with Crippen molar-refractivity contribution < 1.29 is 37.7 Å². The van der Waals surface area contributed by atoms with Gasteiger partial charge in [0, 0.05) is 18.6 Å². The van der Waals surface area contributed by atoms with Crippen molar-refractivity contribution in [3.05, 3.63) is 65.7 Å². The maximum atomic E-state index is 12.8. The summed E-state index contributed by atoms with van der Waals surface area (Å²) in [5.41, 5.74) is 3.76. The number of pyridine rings is 1. The maximum absolute atomic E-state index is 12.8. The van der Waals surface area contributed by atoms with E-state index < -0.39 is 0 Å². The summed E-state index contributed by atoms with van der Waals surface area (Å²) in [6, 6.07) is 9.48. The summed E-state index contributed by atoms with van der Waals surface area (Å²) in [4.78, 5) is 12.1. The van der Waals surface area contributed by atoms with Gasteiger partial charge in [-0.1, -0.05) is 44.7 Å². The van der Waals surface area contributed by atoms with Crippen LogP contribution in [-0.4, -0.2) is 12.1 Å². The van der Waals surface area contributed by atoms with Gasteiger partial charge in [0.25, 0.3) is 5.91 Å². The van der Waals surface area contributed by atoms with Gasteiger partial charge in [0.15, 0.2) is 12.4 Å². The Morgan fingerprint density at radius 3 is 2.33 bits per heavy atom. The Bertz CT molecular complexity index is 702. The lowest BCUT2D eigenvalue weighted by atomic mass is 10.1. The zero-order chi connectivity index (χ0) is 18.6. The number of amides is 1. The first-order valence-electron chi connectivity index (χ1n) is 9.27. The average molecular weight is 483 g/mol. The van der Waals surface area contributed by atoms with E-state index in [1.54, 1.807) is 24.3 Å². The van der Waals surface area contributed by atoms with Gasteiger partial charge in [-0.05, 0) is 24.1 Å². The molecular weight excluding hydrogens is 456 g/mol. The van der Waals surface area contributed by atoms with E-state index in [4.69, 9.17) is 0 Å². The Morgan fingerprint density at radius 2 is 1.67 bits per heavy atom. The van der Waals surface area contributed by atoms with Crippen LogP contribution < -0.4 is 34.0 Å². The summed E-state index contributed by atoms with van der Waals surface area (Å²) in [6.07, 6.45) is 12.9. The molecule has 0 aliphatic heterocycles. The van der Waals surface area contributed by atoms with Gasteiger partial charge in [0.1, 0.15) is 12.4 Å². The molecule has 1 aromatic heterocycles. The fourth-order valence-corrected chi connectivity index (χ4v) is 2.61. The average Bonchev–Trinajstić information content (AvgIpc) is 2.66. The molecule has 4 nitrogen and oxygen atoms in total. The highest BCUT2D eigenvalue weighted by atomic mass is 127. The van der Waals surface area contributed by atoms with Gasteiger partial charge in [-0.3, -0.25) is 4.79 Å². The van der Waals surface area contributed by atoms with Crippen molar-refractivity contribution in [1.29, 1.82) is 0 Å². The van der Waals surface area contributed by atoms with Crippen LogP contribution in [0.25, 0.3) is 0 Å². The second-order valence-corrected chi connectivity index (χ2v) is 6.34. The van der Waals surface area contributed by atoms with E-state index in [1.165, 1.54) is 50.5 Å². The van der Waals surface area contributed by atoms with E-state index >= 15 is 0 Å². The Balaban J connectivity index is 0.00000364. The molecule has 1 amide bonds. The number of nitrogens with zero attached hydrogens (tertiary/aromatic N) is 2. The number of nitrogens with one attached hydrogen (secondary N) is 1. The molecule has 0 saturated carbocycles. The predicted molar refractivity (Wildman–Crippen MR) is 101 cm³/mol. The first-order valence-corrected chi connectivity index (χ1v) is 9.27. The monoisotopic (exact) mass is 483 g/mol. The number of carbonyl (C=O) groups is 1. The summed E-state index contributed by atoms with van der Waals surface area (Å²) in [5, 5.41) is 3.90. The molecule has 0 bridgehead atoms. The topological polar surface area (TPSA) is 45.3 Å². The molecule has 27 heavy (non-hydrogen) atoms. The van der Waals surface area contributed by atoms with Crippen molar-refractivity contribution >= 4 is 12.1 Å². The van der Waals surface area contributed by atoms with Crippen LogP contribution in [0, 0.1) is 5.82 Å². The van der Waals surface area contributed by atoms with Crippen LogP contribution in [0.3, 0.4) is 0 Å². The summed E-state index contributed by atoms with van der Waals surface area (Å²) in [5.74, 6) is -0.570. The van der Waals surface area contributed by atoms with Crippen molar-refractivity contribution in [3.63, 3.8) is 0 Å². The van der Waals surface area contributed by atoms with Gasteiger partial charge in [-0.15, -0.1) is 0 Å². The molecule has 0 unspecified atom stereocenters. The fourth-order valence-electron chi connectivity index (χ4n) is 2.61. The quantitative estimate of drug-likeness (QED) is 0.179. The number of hydrogen-bond acceptors (Lipinski definition) is 2. The molecule has 2 rings (SSSR count). The van der Waals surface area contributed by atoms with Crippen molar-refractivity contribution in [2.75, 3.05) is 0 Å². The standard InChI is InChI=1S/C21H26FN3O.HI/c1-2-3-4-5-6-7-14-25-15-12-19(13-16-25)21(26)24-23-17-18-8-10-20(22)11-9-18;/h8-13,15-17H,2-7,14H2,1H3;1H. The van der Waals surface area contributed by atoms with Crippen molar-refractivity contribution in [2.45, 2.75) is 52.0 Å². The second-order valence-electron chi connectivity index (χ2n) is 6.34. The highest BCUT2D eigenvalue weighted by Crippen LogP contribution is 2.05. The normalized spacial score (nSPS) is 10.6. The number of unbranched alkanes of at least 4 members (excludes halogenated alkanes) is 5. The third-order valence-corrected chi connectivity index (χ3v) is 4.17. The first kappa shape index (κ1) is 23.2. The van der Waals surface area contributed by atoms with Crippen LogP contribution in [0.1, 0.15) is 61.4 Å². The van der Waals surface area contributed by atoms with E-state index in [0.29, 0.717) is 5.56 Å². The number of benzene rings is 1. The van der Waals surface area contributed by atoms with Crippen LogP contribution >= 0.6 is 0 Å². The third kappa shape index (κ3) is 9.08. The highest BCUT2D eigenvalue weighted by Gasteiger charge is 2.07. The molecule has 1 N–H and O–H groups in total. The molecule has 1 aromatic carbocycles. The Morgan fingerprint density at radius 1 is 1.04 bits per heavy atom. The summed E-state index contributed by atoms with van der Waals surface area (Å²) in [6.45, 7) is 3.19. The summed E-state index contributed by atoms with van der Waals surface area (Å²) in [7, 11) is 0. The fraction of sp³-hybridized carbons (Fsp3) is 0.381. The van der Waals surface area contributed by atoms with Gasteiger partial charge in [0.2, 0.25) is 0 Å². The van der Waals surface area contributed by atoms with E-state index in [2.05, 4.69) is 22.0 Å². The molecule has 0 fully saturated rings. The lowest BCUT2D eigenvalue weighted by Gasteiger charge is -2.01. The molecule has 1 heterocycles. The van der Waals surface area contributed by atoms with Crippen LogP contribution in [-0.2, 0) is 6.54 Å². The van der Waals surface area contributed by atoms with Crippen molar-refractivity contribution in [2.24, 2.45) is 5.10 Å². The van der Waals surface area contributed by atoms with Crippen LogP contribution in [0.15, 0.2) is 53.9 Å². The zero-order valence-corrected chi connectivity index (χ0v) is 17.9. The van der Waals surface area contributed by atoms with Gasteiger partial charge in [-0.25, -0.2) is 14.4 Å². The van der Waals surface area contributed by atoms with E-state index in [1.807, 2.05) is 12.4 Å². The Kier molecular flexibility index (Phi) is 11.5. The summed E-state index contributed by atoms with van der Waals surface area (Å²) >= 11 is 0. The van der Waals surface area contributed by atoms with Crippen molar-refractivity contribution in [1.82, 2.24) is 5.43 Å². The van der Waals surface area contributed by atoms with Gasteiger partial charge < -0.3 is 24.0 Å². The Labute approximate surface area is 177 Å². The molecule has 0 aliphatic rings. The molecule has 0 saturated heterocycles. The Hall–Kier alpha value is -1.83. The molecule has 0 spiro atoms. The number of aryl methyl sites for hydroxylation is 1. The van der Waals surface area contributed by atoms with Gasteiger partial charge >= 0.3 is 0 Å². The number of hydrogen-bond donors (Lipinski definition) is 1. The third-order valence-electron chi connectivity index (χ3n) is 4.17. The molecule has 0 aliphatic carbocycles. The molecule has 0 atom stereocenters.